The van der Waals surface area contributed by atoms with E-state index in [-0.39, 0.29) is 11.9 Å². The molecule has 0 aliphatic carbocycles. The van der Waals surface area contributed by atoms with Gasteiger partial charge >= 0.3 is 0 Å². The molecule has 0 bridgehead atoms. The molecule has 1 unspecified atom stereocenters. The number of likely N-dealkylation sites (tertiary alicyclic amines) is 1. The summed E-state index contributed by atoms with van der Waals surface area (Å²) in [5.41, 5.74) is 1.44. The largest absolute Gasteiger partial charge is 0.443 e. The van der Waals surface area contributed by atoms with Crippen molar-refractivity contribution in [3.8, 4) is 0 Å². The zero-order chi connectivity index (χ0) is 17.9. The fourth-order valence-electron chi connectivity index (χ4n) is 3.29. The monoisotopic (exact) mass is 367 g/mol. The Morgan fingerprint density at radius 1 is 1.19 bits per heavy atom. The van der Waals surface area contributed by atoms with Crippen LogP contribution < -0.4 is 0 Å². The predicted molar refractivity (Wildman–Crippen MR) is 98.0 cm³/mol. The zero-order valence-electron chi connectivity index (χ0n) is 14.1. The van der Waals surface area contributed by atoms with Crippen molar-refractivity contribution in [2.75, 3.05) is 6.54 Å². The average molecular weight is 368 g/mol. The van der Waals surface area contributed by atoms with E-state index in [9.17, 15) is 4.79 Å². The van der Waals surface area contributed by atoms with Gasteiger partial charge in [0.25, 0.3) is 5.91 Å². The Bertz CT molecular complexity index is 910. The van der Waals surface area contributed by atoms with E-state index in [2.05, 4.69) is 9.97 Å². The molecule has 1 aliphatic rings. The van der Waals surface area contributed by atoms with Crippen molar-refractivity contribution in [2.45, 2.75) is 25.3 Å². The molecule has 5 nitrogen and oxygen atoms in total. The molecule has 1 aliphatic heterocycles. The van der Waals surface area contributed by atoms with E-state index < -0.39 is 0 Å². The van der Waals surface area contributed by atoms with Gasteiger partial charge in [0.15, 0.2) is 0 Å². The van der Waals surface area contributed by atoms with Crippen molar-refractivity contribution >= 4 is 17.5 Å². The third-order valence-corrected chi connectivity index (χ3v) is 4.95. The molecule has 1 saturated heterocycles. The number of hydrogen-bond acceptors (Lipinski definition) is 4. The molecule has 1 aromatic carbocycles. The summed E-state index contributed by atoms with van der Waals surface area (Å²) in [7, 11) is 0. The Morgan fingerprint density at radius 2 is 2.04 bits per heavy atom. The van der Waals surface area contributed by atoms with Crippen LogP contribution in [0.2, 0.25) is 5.02 Å². The van der Waals surface area contributed by atoms with Crippen LogP contribution in [0.4, 0.5) is 0 Å². The molecule has 0 radical (unpaired) electrons. The fraction of sp³-hybridized carbons (Fsp3) is 0.250. The van der Waals surface area contributed by atoms with Gasteiger partial charge in [-0.05, 0) is 36.6 Å². The van der Waals surface area contributed by atoms with Crippen LogP contribution in [-0.4, -0.2) is 27.3 Å². The molecule has 0 spiro atoms. The SMILES string of the molecule is O=C(c1ccccn1)N1CCCC1c1ncc(Cc2ccccc2Cl)o1. The van der Waals surface area contributed by atoms with Crippen molar-refractivity contribution in [2.24, 2.45) is 0 Å². The maximum absolute atomic E-state index is 12.7. The van der Waals surface area contributed by atoms with E-state index in [0.29, 0.717) is 29.6 Å². The number of carbonyl (C=O) groups excluding carboxylic acids is 1. The molecule has 26 heavy (non-hydrogen) atoms. The van der Waals surface area contributed by atoms with Gasteiger partial charge in [-0.3, -0.25) is 9.78 Å². The van der Waals surface area contributed by atoms with Gasteiger partial charge < -0.3 is 9.32 Å². The third kappa shape index (κ3) is 3.35. The first kappa shape index (κ1) is 16.8. The molecule has 132 valence electrons. The summed E-state index contributed by atoms with van der Waals surface area (Å²) in [4.78, 5) is 23.1. The first-order chi connectivity index (χ1) is 12.7. The third-order valence-electron chi connectivity index (χ3n) is 4.58. The van der Waals surface area contributed by atoms with Crippen molar-refractivity contribution in [1.29, 1.82) is 0 Å². The van der Waals surface area contributed by atoms with E-state index in [1.165, 1.54) is 0 Å². The number of aromatic nitrogens is 2. The van der Waals surface area contributed by atoms with Crippen LogP contribution in [0.15, 0.2) is 59.3 Å². The summed E-state index contributed by atoms with van der Waals surface area (Å²) in [6.45, 7) is 0.683. The molecule has 1 fully saturated rings. The quantitative estimate of drug-likeness (QED) is 0.690. The van der Waals surface area contributed by atoms with E-state index >= 15 is 0 Å². The molecular formula is C20H18ClN3O2. The second kappa shape index (κ2) is 7.30. The maximum Gasteiger partial charge on any atom is 0.273 e. The topological polar surface area (TPSA) is 59.2 Å². The van der Waals surface area contributed by atoms with E-state index in [1.54, 1.807) is 29.4 Å². The van der Waals surface area contributed by atoms with E-state index in [1.807, 2.05) is 30.3 Å². The van der Waals surface area contributed by atoms with Crippen LogP contribution in [0.25, 0.3) is 0 Å². The summed E-state index contributed by atoms with van der Waals surface area (Å²) in [6, 6.07) is 12.9. The van der Waals surface area contributed by atoms with Crippen molar-refractivity contribution < 1.29 is 9.21 Å². The summed E-state index contributed by atoms with van der Waals surface area (Å²) in [6.07, 6.45) is 5.69. The Labute approximate surface area is 156 Å². The smallest absolute Gasteiger partial charge is 0.273 e. The lowest BCUT2D eigenvalue weighted by Gasteiger charge is -2.21. The first-order valence-electron chi connectivity index (χ1n) is 8.62. The molecule has 3 aromatic rings. The van der Waals surface area contributed by atoms with Crippen LogP contribution in [0.3, 0.4) is 0 Å². The lowest BCUT2D eigenvalue weighted by atomic mass is 10.1. The number of pyridine rings is 1. The molecule has 6 heteroatoms. The molecule has 4 rings (SSSR count). The zero-order valence-corrected chi connectivity index (χ0v) is 14.9. The van der Waals surface area contributed by atoms with Gasteiger partial charge in [-0.1, -0.05) is 35.9 Å². The van der Waals surface area contributed by atoms with Crippen LogP contribution in [0.1, 0.15) is 46.6 Å². The lowest BCUT2D eigenvalue weighted by Crippen LogP contribution is -2.31. The summed E-state index contributed by atoms with van der Waals surface area (Å²) in [5.74, 6) is 1.23. The van der Waals surface area contributed by atoms with Gasteiger partial charge in [-0.15, -0.1) is 0 Å². The van der Waals surface area contributed by atoms with Gasteiger partial charge in [0.2, 0.25) is 5.89 Å². The Hall–Kier alpha value is -2.66. The van der Waals surface area contributed by atoms with Gasteiger partial charge in [0, 0.05) is 24.2 Å². The lowest BCUT2D eigenvalue weighted by molar-refractivity contribution is 0.0708. The van der Waals surface area contributed by atoms with Gasteiger partial charge in [-0.2, -0.15) is 0 Å². The number of halogens is 1. The molecule has 0 saturated carbocycles. The van der Waals surface area contributed by atoms with Gasteiger partial charge in [0.1, 0.15) is 17.5 Å². The molecule has 3 heterocycles. The van der Waals surface area contributed by atoms with Gasteiger partial charge in [-0.25, -0.2) is 4.98 Å². The highest BCUT2D eigenvalue weighted by Crippen LogP contribution is 2.33. The van der Waals surface area contributed by atoms with E-state index in [4.69, 9.17) is 16.0 Å². The molecule has 2 aromatic heterocycles. The first-order valence-corrected chi connectivity index (χ1v) is 9.00. The highest BCUT2D eigenvalue weighted by atomic mass is 35.5. The number of amides is 1. The van der Waals surface area contributed by atoms with Gasteiger partial charge in [0.05, 0.1) is 6.20 Å². The Balaban J connectivity index is 1.53. The molecular weight excluding hydrogens is 350 g/mol. The minimum atomic E-state index is -0.149. The molecule has 1 amide bonds. The Kier molecular flexibility index (Phi) is 4.71. The number of rotatable bonds is 4. The number of hydrogen-bond donors (Lipinski definition) is 0. The summed E-state index contributed by atoms with van der Waals surface area (Å²) >= 11 is 6.22. The predicted octanol–water partition coefficient (Wildman–Crippen LogP) is 4.29. The van der Waals surface area contributed by atoms with Crippen molar-refractivity contribution in [3.63, 3.8) is 0 Å². The normalized spacial score (nSPS) is 16.8. The standard InChI is InChI=1S/C20H18ClN3O2/c21-16-7-2-1-6-14(16)12-15-13-23-19(26-15)18-9-5-11-24(18)20(25)17-8-3-4-10-22-17/h1-4,6-8,10,13,18H,5,9,11-12H2. The van der Waals surface area contributed by atoms with Crippen LogP contribution >= 0.6 is 11.6 Å². The maximum atomic E-state index is 12.7. The minimum absolute atomic E-state index is 0.0843. The van der Waals surface area contributed by atoms with Crippen molar-refractivity contribution in [1.82, 2.24) is 14.9 Å². The highest BCUT2D eigenvalue weighted by molar-refractivity contribution is 6.31. The fourth-order valence-corrected chi connectivity index (χ4v) is 3.49. The van der Waals surface area contributed by atoms with Crippen LogP contribution in [0, 0.1) is 0 Å². The van der Waals surface area contributed by atoms with Crippen LogP contribution in [-0.2, 0) is 6.42 Å². The summed E-state index contributed by atoms with van der Waals surface area (Å²) in [5, 5.41) is 0.707. The Morgan fingerprint density at radius 3 is 2.85 bits per heavy atom. The molecule has 0 N–H and O–H groups in total. The number of carbonyl (C=O) groups is 1. The second-order valence-electron chi connectivity index (χ2n) is 6.30. The highest BCUT2D eigenvalue weighted by Gasteiger charge is 2.34. The van der Waals surface area contributed by atoms with E-state index in [0.717, 1.165) is 24.2 Å². The summed E-state index contributed by atoms with van der Waals surface area (Å²) < 4.78 is 5.96. The number of oxazole rings is 1. The second-order valence-corrected chi connectivity index (χ2v) is 6.71. The average Bonchev–Trinajstić information content (AvgIpc) is 3.33. The van der Waals surface area contributed by atoms with Crippen molar-refractivity contribution in [3.05, 3.63) is 82.8 Å². The number of benzene rings is 1. The molecule has 1 atom stereocenters. The minimum Gasteiger partial charge on any atom is -0.443 e. The number of nitrogens with zero attached hydrogens (tertiary/aromatic N) is 3. The van der Waals surface area contributed by atoms with Crippen LogP contribution in [0.5, 0.6) is 0 Å².